The van der Waals surface area contributed by atoms with Crippen LogP contribution in [0.3, 0.4) is 0 Å². The van der Waals surface area contributed by atoms with E-state index in [0.29, 0.717) is 0 Å². The zero-order chi connectivity index (χ0) is 4.50. The van der Waals surface area contributed by atoms with Crippen molar-refractivity contribution in [1.29, 1.82) is 0 Å². The van der Waals surface area contributed by atoms with E-state index < -0.39 is 9.05 Å². The van der Waals surface area contributed by atoms with E-state index in [0.717, 1.165) is 0 Å². The molecule has 0 unspecified atom stereocenters. The van der Waals surface area contributed by atoms with Gasteiger partial charge in [0.15, 0.2) is 0 Å². The minimum atomic E-state index is -4.61. The summed E-state index contributed by atoms with van der Waals surface area (Å²) in [5.74, 6) is 0. The van der Waals surface area contributed by atoms with Crippen molar-refractivity contribution in [3.8, 4) is 0 Å². The van der Waals surface area contributed by atoms with Crippen molar-refractivity contribution in [3.05, 3.63) is 0 Å². The summed E-state index contributed by atoms with van der Waals surface area (Å²) in [6, 6.07) is 0. The molecule has 0 amide bonds. The van der Waals surface area contributed by atoms with Crippen LogP contribution in [0.25, 0.3) is 0 Å². The van der Waals surface area contributed by atoms with Gasteiger partial charge in [0.1, 0.15) is 0 Å². The van der Waals surface area contributed by atoms with Gasteiger partial charge in [-0.1, -0.05) is 0 Å². The zero-order valence-electron chi connectivity index (χ0n) is 2.62. The molecule has 0 saturated heterocycles. The molecule has 0 heterocycles. The Morgan fingerprint density at radius 3 is 0.833 bits per heavy atom. The number of hydrogen-bond acceptors (Lipinski definition) is 4. The minimum Gasteiger partial charge on any atom is -0.368 e. The van der Waals surface area contributed by atoms with Gasteiger partial charge in [-0.15, -0.1) is 0 Å². The zero-order valence-corrected chi connectivity index (χ0v) is 5.76. The molecular formula is H4O4SiTb. The molecule has 0 aromatic heterocycles. The van der Waals surface area contributed by atoms with Gasteiger partial charge in [0.2, 0.25) is 0 Å². The van der Waals surface area contributed by atoms with E-state index in [4.69, 9.17) is 19.2 Å². The molecule has 0 aliphatic heterocycles. The predicted molar refractivity (Wildman–Crippen MR) is 14.6 cm³/mol. The molecule has 6 heavy (non-hydrogen) atoms. The fourth-order valence-electron chi connectivity index (χ4n) is 0. The first-order valence-corrected chi connectivity index (χ1v) is 2.68. The summed E-state index contributed by atoms with van der Waals surface area (Å²) < 4.78 is 0. The Bertz CT molecular complexity index is 23.0. The maximum atomic E-state index is 7.33. The first-order valence-electron chi connectivity index (χ1n) is 0.894. The topological polar surface area (TPSA) is 80.9 Å². The average Bonchev–Trinajstić information content (AvgIpc) is 0.722. The van der Waals surface area contributed by atoms with E-state index in [-0.39, 0.29) is 38.6 Å². The summed E-state index contributed by atoms with van der Waals surface area (Å²) in [5.41, 5.74) is 0. The van der Waals surface area contributed by atoms with Crippen molar-refractivity contribution >= 4 is 9.05 Å². The number of rotatable bonds is 0. The van der Waals surface area contributed by atoms with Crippen LogP contribution < -0.4 is 0 Å². The minimum absolute atomic E-state index is 0. The van der Waals surface area contributed by atoms with Gasteiger partial charge in [-0.05, 0) is 0 Å². The first-order chi connectivity index (χ1) is 2.00. The van der Waals surface area contributed by atoms with Crippen LogP contribution >= 0.6 is 0 Å². The van der Waals surface area contributed by atoms with Crippen LogP contribution in [-0.2, 0) is 0 Å². The van der Waals surface area contributed by atoms with E-state index in [9.17, 15) is 0 Å². The monoisotopic (exact) mass is 255 g/mol. The van der Waals surface area contributed by atoms with Gasteiger partial charge in [0.05, 0.1) is 0 Å². The van der Waals surface area contributed by atoms with Crippen molar-refractivity contribution in [2.75, 3.05) is 0 Å². The molecule has 0 atom stereocenters. The summed E-state index contributed by atoms with van der Waals surface area (Å²) in [5, 5.41) is 0. The molecule has 0 aromatic carbocycles. The smallest absolute Gasteiger partial charge is 0.368 e. The summed E-state index contributed by atoms with van der Waals surface area (Å²) in [6.07, 6.45) is 0. The van der Waals surface area contributed by atoms with Gasteiger partial charge < -0.3 is 19.2 Å². The molecule has 6 heteroatoms. The fraction of sp³-hybridized carbons (Fsp3) is 0. The van der Waals surface area contributed by atoms with E-state index in [1.807, 2.05) is 0 Å². The summed E-state index contributed by atoms with van der Waals surface area (Å²) in [6.45, 7) is 0. The SMILES string of the molecule is O[Si](O)(O)O.[Tb]. The van der Waals surface area contributed by atoms with Gasteiger partial charge in [-0.2, -0.15) is 0 Å². The largest absolute Gasteiger partial charge is 0.668 e. The van der Waals surface area contributed by atoms with E-state index >= 15 is 0 Å². The molecule has 0 spiro atoms. The van der Waals surface area contributed by atoms with E-state index in [1.54, 1.807) is 0 Å². The Balaban J connectivity index is 0. The second kappa shape index (κ2) is 3.36. The van der Waals surface area contributed by atoms with Crippen LogP contribution in [0.2, 0.25) is 0 Å². The van der Waals surface area contributed by atoms with E-state index in [1.165, 1.54) is 0 Å². The van der Waals surface area contributed by atoms with Gasteiger partial charge in [0.25, 0.3) is 0 Å². The molecule has 0 fully saturated rings. The van der Waals surface area contributed by atoms with Crippen molar-refractivity contribution in [2.24, 2.45) is 0 Å². The molecule has 0 rings (SSSR count). The first kappa shape index (κ1) is 10.3. The van der Waals surface area contributed by atoms with Crippen molar-refractivity contribution in [2.45, 2.75) is 0 Å². The molecule has 1 radical (unpaired) electrons. The van der Waals surface area contributed by atoms with Gasteiger partial charge in [0, 0.05) is 38.6 Å². The molecule has 4 N–H and O–H groups in total. The van der Waals surface area contributed by atoms with Crippen LogP contribution in [-0.4, -0.2) is 28.2 Å². The normalized spacial score (nSPS) is 10.0. The Morgan fingerprint density at radius 1 is 0.833 bits per heavy atom. The van der Waals surface area contributed by atoms with Crippen LogP contribution in [0.5, 0.6) is 0 Å². The van der Waals surface area contributed by atoms with Crippen LogP contribution in [0, 0.1) is 38.6 Å². The third-order valence-corrected chi connectivity index (χ3v) is 0. The van der Waals surface area contributed by atoms with Crippen LogP contribution in [0.15, 0.2) is 0 Å². The van der Waals surface area contributed by atoms with Crippen molar-refractivity contribution in [3.63, 3.8) is 0 Å². The van der Waals surface area contributed by atoms with E-state index in [2.05, 4.69) is 0 Å². The predicted octanol–water partition coefficient (Wildman–Crippen LogP) is -2.61. The molecule has 0 saturated carbocycles. The summed E-state index contributed by atoms with van der Waals surface area (Å²) in [7, 11) is -4.61. The molecule has 41 valence electrons. The van der Waals surface area contributed by atoms with Crippen molar-refractivity contribution < 1.29 is 57.8 Å². The standard InChI is InChI=1S/H4O4Si.Tb/c1-5(2,3)4;/h1-4H;. The molecule has 0 aromatic rings. The molecule has 0 bridgehead atoms. The third-order valence-electron chi connectivity index (χ3n) is 0. The van der Waals surface area contributed by atoms with Gasteiger partial charge >= 0.3 is 9.05 Å². The summed E-state index contributed by atoms with van der Waals surface area (Å²) in [4.78, 5) is 29.3. The molecule has 0 aliphatic rings. The maximum absolute atomic E-state index is 7.33. The maximum Gasteiger partial charge on any atom is 0.668 e. The second-order valence-corrected chi connectivity index (χ2v) is 1.80. The second-order valence-electron chi connectivity index (χ2n) is 0.600. The third kappa shape index (κ3) is 55.9. The Labute approximate surface area is 66.4 Å². The Kier molecular flexibility index (Phi) is 5.79. The molecular weight excluding hydrogens is 251 g/mol. The number of hydrogen-bond donors (Lipinski definition) is 4. The molecule has 4 nitrogen and oxygen atoms in total. The van der Waals surface area contributed by atoms with Crippen LogP contribution in [0.1, 0.15) is 0 Å². The average molecular weight is 255 g/mol. The molecule has 0 aliphatic carbocycles. The van der Waals surface area contributed by atoms with Crippen LogP contribution in [0.4, 0.5) is 0 Å². The van der Waals surface area contributed by atoms with Gasteiger partial charge in [-0.3, -0.25) is 0 Å². The van der Waals surface area contributed by atoms with Gasteiger partial charge in [-0.25, -0.2) is 0 Å². The Morgan fingerprint density at radius 2 is 0.833 bits per heavy atom. The summed E-state index contributed by atoms with van der Waals surface area (Å²) >= 11 is 0. The quantitative estimate of drug-likeness (QED) is 0.358. The van der Waals surface area contributed by atoms with Crippen molar-refractivity contribution in [1.82, 2.24) is 0 Å². The fourth-order valence-corrected chi connectivity index (χ4v) is 0. The Hall–Kier alpha value is 1.34.